The van der Waals surface area contributed by atoms with Crippen LogP contribution >= 0.6 is 0 Å². The monoisotopic (exact) mass is 577 g/mol. The van der Waals surface area contributed by atoms with Crippen LogP contribution in [0.25, 0.3) is 33.4 Å². The lowest BCUT2D eigenvalue weighted by Crippen LogP contribution is -2.39. The Labute approximate surface area is 232 Å². The summed E-state index contributed by atoms with van der Waals surface area (Å²) in [5, 5.41) is 8.88. The van der Waals surface area contributed by atoms with Gasteiger partial charge in [0.1, 0.15) is 5.76 Å². The molecule has 41 heavy (non-hydrogen) atoms. The second kappa shape index (κ2) is 9.75. The molecule has 2 aliphatic heterocycles. The number of aryl methyl sites for hydroxylation is 1. The zero-order valence-electron chi connectivity index (χ0n) is 21.7. The Morgan fingerprint density at radius 2 is 1.68 bits per heavy atom. The van der Waals surface area contributed by atoms with E-state index in [1.807, 2.05) is 0 Å². The molecule has 0 spiro atoms. The summed E-state index contributed by atoms with van der Waals surface area (Å²) in [6, 6.07) is 10.9. The van der Waals surface area contributed by atoms with Crippen molar-refractivity contribution in [2.75, 3.05) is 5.73 Å². The SMILES string of the molecule is Cc1cc(C(N)=O)ccc1-c1c2ccc(=N)c(C)c-2oc2c(S(=O)(=O)NC(=O)ON3C(=O)CCC3=O)c(N)ccc12. The summed E-state index contributed by atoms with van der Waals surface area (Å²) in [7, 11) is -4.81. The predicted molar refractivity (Wildman–Crippen MR) is 144 cm³/mol. The van der Waals surface area contributed by atoms with E-state index in [0.717, 1.165) is 0 Å². The van der Waals surface area contributed by atoms with Crippen molar-refractivity contribution in [3.63, 3.8) is 0 Å². The number of imide groups is 1. The maximum Gasteiger partial charge on any atom is 0.446 e. The van der Waals surface area contributed by atoms with Crippen molar-refractivity contribution in [3.8, 4) is 22.5 Å². The Hall–Kier alpha value is -5.24. The normalized spacial score (nSPS) is 13.7. The third-order valence-electron chi connectivity index (χ3n) is 6.74. The fraction of sp³-hybridized carbons (Fsp3) is 0.148. The first-order valence-electron chi connectivity index (χ1n) is 12.1. The van der Waals surface area contributed by atoms with Gasteiger partial charge in [-0.15, -0.1) is 5.06 Å². The zero-order chi connectivity index (χ0) is 29.8. The van der Waals surface area contributed by atoms with Crippen LogP contribution in [0.1, 0.15) is 34.3 Å². The predicted octanol–water partition coefficient (Wildman–Crippen LogP) is 2.46. The molecule has 6 N–H and O–H groups in total. The third-order valence-corrected chi connectivity index (χ3v) is 8.13. The minimum Gasteiger partial charge on any atom is -0.454 e. The summed E-state index contributed by atoms with van der Waals surface area (Å²) in [4.78, 5) is 51.9. The quantitative estimate of drug-likeness (QED) is 0.155. The fourth-order valence-corrected chi connectivity index (χ4v) is 5.86. The summed E-state index contributed by atoms with van der Waals surface area (Å²) in [6.07, 6.45) is -1.96. The van der Waals surface area contributed by atoms with Gasteiger partial charge < -0.3 is 26.1 Å². The molecule has 13 nitrogen and oxygen atoms in total. The van der Waals surface area contributed by atoms with Crippen LogP contribution in [-0.2, 0) is 24.4 Å². The molecule has 2 aromatic rings. The van der Waals surface area contributed by atoms with Crippen molar-refractivity contribution in [2.24, 2.45) is 5.73 Å². The molecule has 1 fully saturated rings. The van der Waals surface area contributed by atoms with Crippen LogP contribution in [-0.4, -0.2) is 37.3 Å². The van der Waals surface area contributed by atoms with Gasteiger partial charge in [0, 0.05) is 40.5 Å². The minimum atomic E-state index is -4.81. The van der Waals surface area contributed by atoms with E-state index < -0.39 is 38.7 Å². The van der Waals surface area contributed by atoms with E-state index in [1.165, 1.54) is 12.1 Å². The highest BCUT2D eigenvalue weighted by Gasteiger charge is 2.35. The minimum absolute atomic E-state index is 0.127. The average molecular weight is 578 g/mol. The topological polar surface area (TPSA) is 216 Å². The number of nitrogens with two attached hydrogens (primary N) is 2. The van der Waals surface area contributed by atoms with Gasteiger partial charge in [-0.3, -0.25) is 14.4 Å². The molecule has 14 heteroatoms. The van der Waals surface area contributed by atoms with E-state index in [1.54, 1.807) is 48.9 Å². The van der Waals surface area contributed by atoms with Gasteiger partial charge in [0.15, 0.2) is 10.5 Å². The number of nitrogens with one attached hydrogen (secondary N) is 2. The number of anilines is 1. The van der Waals surface area contributed by atoms with Crippen molar-refractivity contribution in [3.05, 3.63) is 64.5 Å². The molecule has 0 bridgehead atoms. The van der Waals surface area contributed by atoms with Gasteiger partial charge >= 0.3 is 6.09 Å². The summed E-state index contributed by atoms with van der Waals surface area (Å²) < 4.78 is 34.8. The molecule has 0 saturated carbocycles. The van der Waals surface area contributed by atoms with E-state index in [0.29, 0.717) is 27.8 Å². The first-order valence-corrected chi connectivity index (χ1v) is 13.6. The standard InChI is InChI=1S/C27H23N5O8S/c1-12-11-14(26(30)35)3-4-15(12)22-16-5-7-18(28)13(2)23(16)39-24-17(22)6-8-19(29)25(24)41(37,38)31-27(36)40-32-20(33)9-10-21(32)34/h3-8,11,28H,9-10,29H2,1-2H3,(H2,30,35)(H,31,36). The second-order valence-corrected chi connectivity index (χ2v) is 11.0. The van der Waals surface area contributed by atoms with Crippen LogP contribution in [0, 0.1) is 19.3 Å². The molecule has 0 radical (unpaired) electrons. The van der Waals surface area contributed by atoms with Gasteiger partial charge in [-0.2, -0.15) is 0 Å². The van der Waals surface area contributed by atoms with Crippen LogP contribution in [0.4, 0.5) is 10.5 Å². The highest BCUT2D eigenvalue weighted by molar-refractivity contribution is 7.90. The highest BCUT2D eigenvalue weighted by Crippen LogP contribution is 2.44. The van der Waals surface area contributed by atoms with Crippen LogP contribution < -0.4 is 21.5 Å². The lowest BCUT2D eigenvalue weighted by Gasteiger charge is -2.21. The number of primary amides is 1. The van der Waals surface area contributed by atoms with Gasteiger partial charge in [0.25, 0.3) is 21.8 Å². The molecule has 4 amide bonds. The number of carbonyl (C=O) groups is 4. The van der Waals surface area contributed by atoms with Crippen LogP contribution in [0.5, 0.6) is 0 Å². The van der Waals surface area contributed by atoms with Gasteiger partial charge in [-0.25, -0.2) is 17.9 Å². The number of hydrogen-bond acceptors (Lipinski definition) is 10. The average Bonchev–Trinajstić information content (AvgIpc) is 3.21. The summed E-state index contributed by atoms with van der Waals surface area (Å²) >= 11 is 0. The van der Waals surface area contributed by atoms with Gasteiger partial charge in [-0.05, 0) is 61.4 Å². The lowest BCUT2D eigenvalue weighted by molar-refractivity contribution is -0.171. The molecule has 2 aromatic carbocycles. The fourth-order valence-electron chi connectivity index (χ4n) is 4.73. The van der Waals surface area contributed by atoms with Crippen molar-refractivity contribution < 1.29 is 36.9 Å². The number of fused-ring (bicyclic) bond motifs is 2. The van der Waals surface area contributed by atoms with E-state index in [-0.39, 0.29) is 51.2 Å². The molecular weight excluding hydrogens is 554 g/mol. The third kappa shape index (κ3) is 4.63. The van der Waals surface area contributed by atoms with E-state index in [2.05, 4.69) is 4.84 Å². The largest absolute Gasteiger partial charge is 0.454 e. The molecule has 1 saturated heterocycles. The van der Waals surface area contributed by atoms with Crippen LogP contribution in [0.2, 0.25) is 0 Å². The van der Waals surface area contributed by atoms with Gasteiger partial charge in [-0.1, -0.05) is 6.07 Å². The van der Waals surface area contributed by atoms with Crippen molar-refractivity contribution in [2.45, 2.75) is 31.6 Å². The highest BCUT2D eigenvalue weighted by atomic mass is 32.2. The smallest absolute Gasteiger partial charge is 0.446 e. The Balaban J connectivity index is 1.75. The summed E-state index contributed by atoms with van der Waals surface area (Å²) in [6.45, 7) is 3.38. The Morgan fingerprint density at radius 1 is 1.02 bits per heavy atom. The number of amides is 4. The molecule has 2 heterocycles. The molecule has 0 unspecified atom stereocenters. The molecule has 3 aliphatic rings. The lowest BCUT2D eigenvalue weighted by atomic mass is 9.89. The number of hydroxylamine groups is 2. The number of sulfonamides is 1. The summed E-state index contributed by atoms with van der Waals surface area (Å²) in [5.74, 6) is -2.02. The Kier molecular flexibility index (Phi) is 6.50. The number of benzene rings is 3. The Bertz CT molecular complexity index is 1950. The number of nitrogens with zero attached hydrogens (tertiary/aromatic N) is 1. The molecular formula is C27H23N5O8S. The first-order chi connectivity index (χ1) is 19.3. The molecule has 1 aliphatic carbocycles. The first kappa shape index (κ1) is 27.3. The maximum atomic E-state index is 13.5. The van der Waals surface area contributed by atoms with Crippen molar-refractivity contribution >= 4 is 50.5 Å². The molecule has 0 atom stereocenters. The van der Waals surface area contributed by atoms with Crippen molar-refractivity contribution in [1.29, 1.82) is 5.41 Å². The number of hydrogen-bond donors (Lipinski definition) is 4. The summed E-state index contributed by atoms with van der Waals surface area (Å²) in [5.41, 5.74) is 14.0. The van der Waals surface area contributed by atoms with Crippen LogP contribution in [0.15, 0.2) is 51.8 Å². The maximum absolute atomic E-state index is 13.5. The zero-order valence-corrected chi connectivity index (χ0v) is 22.5. The molecule has 5 rings (SSSR count). The second-order valence-electron chi connectivity index (χ2n) is 9.41. The van der Waals surface area contributed by atoms with Crippen LogP contribution in [0.3, 0.4) is 0 Å². The van der Waals surface area contributed by atoms with E-state index in [9.17, 15) is 27.6 Å². The number of rotatable bonds is 5. The Morgan fingerprint density at radius 3 is 2.32 bits per heavy atom. The van der Waals surface area contributed by atoms with Gasteiger partial charge in [0.2, 0.25) is 5.91 Å². The van der Waals surface area contributed by atoms with Crippen molar-refractivity contribution in [1.82, 2.24) is 9.79 Å². The number of carbonyl (C=O) groups excluding carboxylic acids is 4. The van der Waals surface area contributed by atoms with E-state index >= 15 is 0 Å². The molecule has 210 valence electrons. The molecule has 0 aromatic heterocycles. The van der Waals surface area contributed by atoms with E-state index in [4.69, 9.17) is 21.3 Å². The van der Waals surface area contributed by atoms with Gasteiger partial charge in [0.05, 0.1) is 11.0 Å². The number of nitrogen functional groups attached to an aromatic ring is 1.